The van der Waals surface area contributed by atoms with Crippen LogP contribution in [-0.2, 0) is 28.6 Å². The summed E-state index contributed by atoms with van der Waals surface area (Å²) in [6.07, 6.45) is 75.9. The Morgan fingerprint density at radius 1 is 0.304 bits per heavy atom. The van der Waals surface area contributed by atoms with Gasteiger partial charge in [-0.2, -0.15) is 0 Å². The molecule has 0 saturated heterocycles. The van der Waals surface area contributed by atoms with E-state index in [1.54, 1.807) is 0 Å². The molecule has 6 nitrogen and oxygen atoms in total. The molecule has 0 aliphatic carbocycles. The van der Waals surface area contributed by atoms with Gasteiger partial charge < -0.3 is 14.2 Å². The standard InChI is InChI=1S/C63H106O6/c1-4-7-10-13-16-18-20-21-22-23-24-25-26-27-28-29-30-31-32-33-34-35-36-37-38-39-40-41-42-43-44-46-47-50-53-56-62(65)68-59-60(58-67-61(64)55-52-49-15-12-9-6-3)69-63(66)57-54-51-48-45-19-17-14-11-8-5-2/h7,10,16,18,21-22,24-25,27-28,30-31,33-34,36-37,60H,4-6,8-9,11-15,17,19-20,23,26,29,32,35,38-59H2,1-3H3/b10-7-,18-16-,22-21-,25-24-,28-27-,31-30-,34-33-,37-36-. The highest BCUT2D eigenvalue weighted by molar-refractivity contribution is 5.71. The molecule has 0 saturated carbocycles. The number of carbonyl (C=O) groups is 3. The number of ether oxygens (including phenoxy) is 3. The molecule has 394 valence electrons. The largest absolute Gasteiger partial charge is 0.462 e. The Labute approximate surface area is 426 Å². The molecule has 0 aromatic carbocycles. The maximum atomic E-state index is 12.7. The number of rotatable bonds is 51. The third-order valence-corrected chi connectivity index (χ3v) is 12.1. The highest BCUT2D eigenvalue weighted by Crippen LogP contribution is 2.15. The molecule has 0 N–H and O–H groups in total. The minimum atomic E-state index is -0.771. The van der Waals surface area contributed by atoms with Crippen molar-refractivity contribution in [3.05, 3.63) is 97.2 Å². The Bertz CT molecular complexity index is 1380. The van der Waals surface area contributed by atoms with Crippen molar-refractivity contribution in [1.29, 1.82) is 0 Å². The van der Waals surface area contributed by atoms with Crippen LogP contribution < -0.4 is 0 Å². The lowest BCUT2D eigenvalue weighted by atomic mass is 10.1. The van der Waals surface area contributed by atoms with Crippen LogP contribution in [0.4, 0.5) is 0 Å². The molecule has 69 heavy (non-hydrogen) atoms. The lowest BCUT2D eigenvalue weighted by Crippen LogP contribution is -2.30. The second-order valence-electron chi connectivity index (χ2n) is 18.8. The molecule has 0 amide bonds. The summed E-state index contributed by atoms with van der Waals surface area (Å²) in [4.78, 5) is 37.7. The maximum absolute atomic E-state index is 12.7. The smallest absolute Gasteiger partial charge is 0.306 e. The molecule has 0 fully saturated rings. The van der Waals surface area contributed by atoms with Crippen molar-refractivity contribution in [3.63, 3.8) is 0 Å². The highest BCUT2D eigenvalue weighted by Gasteiger charge is 2.19. The van der Waals surface area contributed by atoms with E-state index in [-0.39, 0.29) is 31.1 Å². The molecule has 0 bridgehead atoms. The van der Waals surface area contributed by atoms with Crippen molar-refractivity contribution >= 4 is 17.9 Å². The van der Waals surface area contributed by atoms with Gasteiger partial charge in [-0.15, -0.1) is 0 Å². The second-order valence-corrected chi connectivity index (χ2v) is 18.8. The van der Waals surface area contributed by atoms with Gasteiger partial charge in [0.25, 0.3) is 0 Å². The molecule has 0 aromatic rings. The van der Waals surface area contributed by atoms with E-state index in [9.17, 15) is 14.4 Å². The monoisotopic (exact) mass is 959 g/mol. The first-order valence-electron chi connectivity index (χ1n) is 28.7. The van der Waals surface area contributed by atoms with Crippen LogP contribution in [0, 0.1) is 0 Å². The minimum Gasteiger partial charge on any atom is -0.462 e. The summed E-state index contributed by atoms with van der Waals surface area (Å²) in [6.45, 7) is 6.45. The van der Waals surface area contributed by atoms with E-state index in [1.165, 1.54) is 116 Å². The Balaban J connectivity index is 3.99. The summed E-state index contributed by atoms with van der Waals surface area (Å²) in [5.74, 6) is -0.890. The van der Waals surface area contributed by atoms with Gasteiger partial charge in [0.2, 0.25) is 0 Å². The van der Waals surface area contributed by atoms with Crippen LogP contribution in [0.1, 0.15) is 265 Å². The first-order valence-corrected chi connectivity index (χ1v) is 28.7. The van der Waals surface area contributed by atoms with Crippen LogP contribution in [0.2, 0.25) is 0 Å². The maximum Gasteiger partial charge on any atom is 0.306 e. The molecule has 6 heteroatoms. The average Bonchev–Trinajstić information content (AvgIpc) is 3.35. The Hall–Kier alpha value is -3.67. The van der Waals surface area contributed by atoms with Crippen LogP contribution in [0.25, 0.3) is 0 Å². The van der Waals surface area contributed by atoms with Gasteiger partial charge in [0, 0.05) is 19.3 Å². The summed E-state index contributed by atoms with van der Waals surface area (Å²) < 4.78 is 16.7. The quantitative estimate of drug-likeness (QED) is 0.0262. The van der Waals surface area contributed by atoms with Crippen LogP contribution in [0.15, 0.2) is 97.2 Å². The topological polar surface area (TPSA) is 78.9 Å². The minimum absolute atomic E-state index is 0.0755. The molecule has 1 atom stereocenters. The fourth-order valence-electron chi connectivity index (χ4n) is 7.81. The van der Waals surface area contributed by atoms with E-state index < -0.39 is 6.10 Å². The molecule has 0 aliphatic heterocycles. The van der Waals surface area contributed by atoms with Gasteiger partial charge in [0.1, 0.15) is 13.2 Å². The molecule has 0 aromatic heterocycles. The fourth-order valence-corrected chi connectivity index (χ4v) is 7.81. The average molecular weight is 960 g/mol. The van der Waals surface area contributed by atoms with E-state index in [2.05, 4.69) is 118 Å². The van der Waals surface area contributed by atoms with Gasteiger partial charge in [0.05, 0.1) is 0 Å². The van der Waals surface area contributed by atoms with E-state index >= 15 is 0 Å². The fraction of sp³-hybridized carbons (Fsp3) is 0.698. The molecule has 1 unspecified atom stereocenters. The number of unbranched alkanes of at least 4 members (excludes halogenated alkanes) is 24. The summed E-state index contributed by atoms with van der Waals surface area (Å²) in [5.41, 5.74) is 0. The van der Waals surface area contributed by atoms with E-state index in [4.69, 9.17) is 14.2 Å². The van der Waals surface area contributed by atoms with E-state index in [0.29, 0.717) is 19.3 Å². The van der Waals surface area contributed by atoms with Gasteiger partial charge >= 0.3 is 17.9 Å². The van der Waals surface area contributed by atoms with Crippen LogP contribution in [0.5, 0.6) is 0 Å². The highest BCUT2D eigenvalue weighted by atomic mass is 16.6. The van der Waals surface area contributed by atoms with Crippen molar-refractivity contribution in [2.75, 3.05) is 13.2 Å². The van der Waals surface area contributed by atoms with Crippen LogP contribution >= 0.6 is 0 Å². The number of allylic oxidation sites excluding steroid dienone is 16. The first kappa shape index (κ1) is 65.3. The number of hydrogen-bond donors (Lipinski definition) is 0. The van der Waals surface area contributed by atoms with Gasteiger partial charge in [-0.25, -0.2) is 0 Å². The van der Waals surface area contributed by atoms with E-state index in [0.717, 1.165) is 109 Å². The predicted octanol–water partition coefficient (Wildman–Crippen LogP) is 19.3. The summed E-state index contributed by atoms with van der Waals surface area (Å²) in [5, 5.41) is 0. The molecule has 0 radical (unpaired) electrons. The first-order chi connectivity index (χ1) is 34.0. The zero-order valence-electron chi connectivity index (χ0n) is 45.0. The van der Waals surface area contributed by atoms with Crippen molar-refractivity contribution in [2.45, 2.75) is 271 Å². The molecular weight excluding hydrogens is 853 g/mol. The van der Waals surface area contributed by atoms with Crippen molar-refractivity contribution < 1.29 is 28.6 Å². The third-order valence-electron chi connectivity index (χ3n) is 12.1. The Morgan fingerprint density at radius 2 is 0.565 bits per heavy atom. The zero-order valence-corrected chi connectivity index (χ0v) is 45.0. The van der Waals surface area contributed by atoms with Gasteiger partial charge in [-0.05, 0) is 83.5 Å². The number of hydrogen-bond acceptors (Lipinski definition) is 6. The number of carbonyl (C=O) groups excluding carboxylic acids is 3. The molecular formula is C63H106O6. The normalized spacial score (nSPS) is 12.8. The number of esters is 3. The molecule has 0 aliphatic rings. The zero-order chi connectivity index (χ0) is 50.0. The molecule has 0 spiro atoms. The van der Waals surface area contributed by atoms with Crippen LogP contribution in [0.3, 0.4) is 0 Å². The van der Waals surface area contributed by atoms with Gasteiger partial charge in [-0.1, -0.05) is 259 Å². The van der Waals surface area contributed by atoms with Gasteiger partial charge in [0.15, 0.2) is 6.10 Å². The Kier molecular flexibility index (Phi) is 53.9. The predicted molar refractivity (Wildman–Crippen MR) is 297 cm³/mol. The third kappa shape index (κ3) is 55.1. The van der Waals surface area contributed by atoms with Gasteiger partial charge in [-0.3, -0.25) is 14.4 Å². The molecule has 0 heterocycles. The molecule has 0 rings (SSSR count). The lowest BCUT2D eigenvalue weighted by molar-refractivity contribution is -0.167. The van der Waals surface area contributed by atoms with Crippen LogP contribution in [-0.4, -0.2) is 37.2 Å². The summed E-state index contributed by atoms with van der Waals surface area (Å²) in [7, 11) is 0. The van der Waals surface area contributed by atoms with E-state index in [1.807, 2.05) is 0 Å². The summed E-state index contributed by atoms with van der Waals surface area (Å²) >= 11 is 0. The lowest BCUT2D eigenvalue weighted by Gasteiger charge is -2.18. The Morgan fingerprint density at radius 3 is 0.884 bits per heavy atom. The van der Waals surface area contributed by atoms with Crippen molar-refractivity contribution in [2.24, 2.45) is 0 Å². The van der Waals surface area contributed by atoms with Crippen molar-refractivity contribution in [1.82, 2.24) is 0 Å². The second kappa shape index (κ2) is 56.9. The SMILES string of the molecule is CC/C=C\C/C=C\C/C=C\C/C=C\C/C=C\C/C=C\C/C=C\C/C=C\CCCCCCCCCCCCC(=O)OCC(COC(=O)CCCCCCCC)OC(=O)CCCCCCCCCCCC. The van der Waals surface area contributed by atoms with Crippen molar-refractivity contribution in [3.8, 4) is 0 Å². The summed E-state index contributed by atoms with van der Waals surface area (Å²) in [6, 6.07) is 0.